The molecule has 3 rings (SSSR count). The molecule has 0 saturated carbocycles. The third-order valence-corrected chi connectivity index (χ3v) is 3.46. The second-order valence-electron chi connectivity index (χ2n) is 4.27. The van der Waals surface area contributed by atoms with Crippen molar-refractivity contribution in [1.29, 1.82) is 0 Å². The van der Waals surface area contributed by atoms with Gasteiger partial charge in [0, 0.05) is 34.2 Å². The Hall–Kier alpha value is -1.55. The summed E-state index contributed by atoms with van der Waals surface area (Å²) in [5, 5.41) is 1.26. The van der Waals surface area contributed by atoms with Gasteiger partial charge in [0.05, 0.1) is 0 Å². The van der Waals surface area contributed by atoms with Crippen LogP contribution in [-0.4, -0.2) is 10.8 Å². The molecule has 1 aliphatic heterocycles. The number of fused-ring (bicyclic) bond motifs is 1. The highest BCUT2D eigenvalue weighted by Crippen LogP contribution is 2.25. The molecule has 0 spiro atoms. The van der Waals surface area contributed by atoms with Gasteiger partial charge in [-0.2, -0.15) is 0 Å². The van der Waals surface area contributed by atoms with Crippen LogP contribution in [-0.2, 0) is 6.42 Å². The largest absolute Gasteiger partial charge is 0.387 e. The molecular weight excluding hydrogens is 278 g/mol. The lowest BCUT2D eigenvalue weighted by atomic mass is 10.0. The number of hydrogen-bond donors (Lipinski definition) is 2. The number of aliphatic imine (C=N–C) groups is 1. The number of H-pyrrole nitrogens is 1. The molecule has 0 amide bonds. The summed E-state index contributed by atoms with van der Waals surface area (Å²) in [5.74, 6) is 0.711. The van der Waals surface area contributed by atoms with Crippen molar-refractivity contribution in [2.75, 3.05) is 0 Å². The van der Waals surface area contributed by atoms with Gasteiger partial charge >= 0.3 is 0 Å². The number of aromatic nitrogens is 1. The van der Waals surface area contributed by atoms with Crippen molar-refractivity contribution in [3.63, 3.8) is 0 Å². The van der Waals surface area contributed by atoms with E-state index >= 15 is 0 Å². The zero-order valence-corrected chi connectivity index (χ0v) is 10.8. The van der Waals surface area contributed by atoms with Crippen molar-refractivity contribution >= 4 is 32.7 Å². The minimum absolute atomic E-state index is 0.711. The summed E-state index contributed by atoms with van der Waals surface area (Å²) in [6.45, 7) is 0. The maximum Gasteiger partial charge on any atom is 0.103 e. The Morgan fingerprint density at radius 3 is 3.06 bits per heavy atom. The van der Waals surface area contributed by atoms with Crippen molar-refractivity contribution < 1.29 is 0 Å². The van der Waals surface area contributed by atoms with Crippen molar-refractivity contribution in [1.82, 2.24) is 4.98 Å². The first-order chi connectivity index (χ1) is 8.22. The third-order valence-electron chi connectivity index (χ3n) is 2.97. The topological polar surface area (TPSA) is 54.2 Å². The summed E-state index contributed by atoms with van der Waals surface area (Å²) in [4.78, 5) is 7.40. The van der Waals surface area contributed by atoms with Gasteiger partial charge < -0.3 is 10.7 Å². The zero-order chi connectivity index (χ0) is 11.8. The second kappa shape index (κ2) is 4.04. The van der Waals surface area contributed by atoms with Gasteiger partial charge in [0.1, 0.15) is 5.84 Å². The minimum Gasteiger partial charge on any atom is -0.387 e. The molecule has 4 heteroatoms. The van der Waals surface area contributed by atoms with Gasteiger partial charge in [-0.3, -0.25) is 0 Å². The quantitative estimate of drug-likeness (QED) is 0.877. The van der Waals surface area contributed by atoms with Crippen LogP contribution in [0, 0.1) is 0 Å². The fourth-order valence-electron chi connectivity index (χ4n) is 2.16. The summed E-state index contributed by atoms with van der Waals surface area (Å²) in [6.07, 6.45) is 5.65. The van der Waals surface area contributed by atoms with Gasteiger partial charge in [-0.1, -0.05) is 22.0 Å². The van der Waals surface area contributed by atoms with E-state index in [0.29, 0.717) is 5.84 Å². The number of rotatable bonds is 2. The Morgan fingerprint density at radius 2 is 2.29 bits per heavy atom. The van der Waals surface area contributed by atoms with Crippen LogP contribution >= 0.6 is 15.9 Å². The second-order valence-corrected chi connectivity index (χ2v) is 5.18. The van der Waals surface area contributed by atoms with Gasteiger partial charge in [-0.05, 0) is 29.7 Å². The first-order valence-corrected chi connectivity index (χ1v) is 6.27. The van der Waals surface area contributed by atoms with Crippen LogP contribution in [0.25, 0.3) is 10.9 Å². The molecule has 1 aliphatic rings. The number of hydrogen-bond acceptors (Lipinski definition) is 2. The van der Waals surface area contributed by atoms with Crippen LogP contribution in [0.3, 0.4) is 0 Å². The highest BCUT2D eigenvalue weighted by molar-refractivity contribution is 9.10. The molecule has 0 saturated heterocycles. The molecule has 0 atom stereocenters. The van der Waals surface area contributed by atoms with Crippen molar-refractivity contribution in [2.24, 2.45) is 10.7 Å². The molecule has 0 unspecified atom stereocenters. The number of nitrogens with zero attached hydrogens (tertiary/aromatic N) is 1. The smallest absolute Gasteiger partial charge is 0.103 e. The van der Waals surface area contributed by atoms with Gasteiger partial charge in [-0.15, -0.1) is 0 Å². The molecule has 1 aromatic carbocycles. The van der Waals surface area contributed by atoms with E-state index in [1.54, 1.807) is 0 Å². The zero-order valence-electron chi connectivity index (χ0n) is 9.20. The van der Waals surface area contributed by atoms with Crippen LogP contribution in [0.5, 0.6) is 0 Å². The summed E-state index contributed by atoms with van der Waals surface area (Å²) in [7, 11) is 0. The molecule has 0 bridgehead atoms. The lowest BCUT2D eigenvalue weighted by Crippen LogP contribution is -2.08. The van der Waals surface area contributed by atoms with E-state index in [9.17, 15) is 0 Å². The Kier molecular flexibility index (Phi) is 2.52. The Labute approximate surface area is 108 Å². The molecule has 2 heterocycles. The van der Waals surface area contributed by atoms with E-state index in [4.69, 9.17) is 5.73 Å². The summed E-state index contributed by atoms with van der Waals surface area (Å²) >= 11 is 3.47. The molecule has 86 valence electrons. The molecule has 0 fully saturated rings. The van der Waals surface area contributed by atoms with E-state index < -0.39 is 0 Å². The number of halogens is 1. The average molecular weight is 290 g/mol. The fraction of sp³-hybridized carbons (Fsp3) is 0.154. The predicted octanol–water partition coefficient (Wildman–Crippen LogP) is 3.12. The first kappa shape index (κ1) is 10.6. The first-order valence-electron chi connectivity index (χ1n) is 5.48. The van der Waals surface area contributed by atoms with Crippen LogP contribution in [0.2, 0.25) is 0 Å². The van der Waals surface area contributed by atoms with Crippen molar-refractivity contribution in [3.05, 3.63) is 46.2 Å². The van der Waals surface area contributed by atoms with E-state index in [1.165, 1.54) is 16.5 Å². The van der Waals surface area contributed by atoms with Crippen LogP contribution < -0.4 is 5.73 Å². The lowest BCUT2D eigenvalue weighted by Gasteiger charge is -2.00. The Balaban J connectivity index is 1.91. The third kappa shape index (κ3) is 2.00. The fourth-order valence-corrected chi connectivity index (χ4v) is 2.52. The van der Waals surface area contributed by atoms with Gasteiger partial charge in [0.2, 0.25) is 0 Å². The number of nitrogens with two attached hydrogens (primary N) is 1. The SMILES string of the molecule is NC1=NC=C(Cc2c[nH]c3cc(Br)ccc23)C1. The molecule has 1 aromatic heterocycles. The standard InChI is InChI=1S/C13H12BrN3/c14-10-1-2-11-9(7-16-12(11)5-10)3-8-4-13(15)17-6-8/h1-2,5-7,16H,3-4H2,(H2,15,17). The van der Waals surface area contributed by atoms with Gasteiger partial charge in [-0.25, -0.2) is 4.99 Å². The molecule has 2 aromatic rings. The molecule has 17 heavy (non-hydrogen) atoms. The van der Waals surface area contributed by atoms with Crippen LogP contribution in [0.4, 0.5) is 0 Å². The van der Waals surface area contributed by atoms with E-state index in [0.717, 1.165) is 22.8 Å². The monoisotopic (exact) mass is 289 g/mol. The lowest BCUT2D eigenvalue weighted by molar-refractivity contribution is 1.11. The molecule has 0 radical (unpaired) electrons. The highest BCUT2D eigenvalue weighted by atomic mass is 79.9. The molecule has 3 nitrogen and oxygen atoms in total. The summed E-state index contributed by atoms with van der Waals surface area (Å²) < 4.78 is 1.09. The minimum atomic E-state index is 0.711. The average Bonchev–Trinajstić information content (AvgIpc) is 2.86. The number of aromatic amines is 1. The Morgan fingerprint density at radius 1 is 1.41 bits per heavy atom. The predicted molar refractivity (Wildman–Crippen MR) is 74.0 cm³/mol. The van der Waals surface area contributed by atoms with E-state index in [-0.39, 0.29) is 0 Å². The maximum absolute atomic E-state index is 5.67. The van der Waals surface area contributed by atoms with E-state index in [1.807, 2.05) is 6.20 Å². The van der Waals surface area contributed by atoms with Gasteiger partial charge in [0.15, 0.2) is 0 Å². The summed E-state index contributed by atoms with van der Waals surface area (Å²) in [6, 6.07) is 6.28. The summed E-state index contributed by atoms with van der Waals surface area (Å²) in [5.41, 5.74) is 9.39. The van der Waals surface area contributed by atoms with Crippen molar-refractivity contribution in [3.8, 4) is 0 Å². The maximum atomic E-state index is 5.67. The number of amidine groups is 1. The highest BCUT2D eigenvalue weighted by Gasteiger charge is 2.10. The number of benzene rings is 1. The van der Waals surface area contributed by atoms with Crippen molar-refractivity contribution in [2.45, 2.75) is 12.8 Å². The number of nitrogens with one attached hydrogen (secondary N) is 1. The molecular formula is C13H12BrN3. The molecule has 3 N–H and O–H groups in total. The normalized spacial score (nSPS) is 15.1. The molecule has 0 aliphatic carbocycles. The Bertz CT molecular complexity index is 637. The van der Waals surface area contributed by atoms with E-state index in [2.05, 4.69) is 50.3 Å². The van der Waals surface area contributed by atoms with Crippen LogP contribution in [0.1, 0.15) is 12.0 Å². The van der Waals surface area contributed by atoms with Crippen LogP contribution in [0.15, 0.2) is 45.6 Å². The van der Waals surface area contributed by atoms with Gasteiger partial charge in [0.25, 0.3) is 0 Å².